The normalized spacial score (nSPS) is 10.2. The topological polar surface area (TPSA) is 41.1 Å². The summed E-state index contributed by atoms with van der Waals surface area (Å²) >= 11 is 9.30. The maximum absolute atomic E-state index is 11.9. The lowest BCUT2D eigenvalue weighted by molar-refractivity contribution is -0.115. The van der Waals surface area contributed by atoms with E-state index in [0.717, 1.165) is 15.7 Å². The third-order valence-electron chi connectivity index (χ3n) is 2.96. The quantitative estimate of drug-likeness (QED) is 0.793. The van der Waals surface area contributed by atoms with Crippen molar-refractivity contribution in [1.82, 2.24) is 0 Å². The van der Waals surface area contributed by atoms with Crippen molar-refractivity contribution >= 4 is 44.8 Å². The van der Waals surface area contributed by atoms with E-state index >= 15 is 0 Å². The van der Waals surface area contributed by atoms with Crippen LogP contribution in [0.25, 0.3) is 0 Å². The van der Waals surface area contributed by atoms with Crippen LogP contribution in [0.4, 0.5) is 11.4 Å². The van der Waals surface area contributed by atoms with E-state index in [1.807, 2.05) is 31.2 Å². The van der Waals surface area contributed by atoms with Crippen molar-refractivity contribution in [3.63, 3.8) is 0 Å². The second-order valence-corrected chi connectivity index (χ2v) is 6.05. The van der Waals surface area contributed by atoms with Gasteiger partial charge in [-0.2, -0.15) is 0 Å². The lowest BCUT2D eigenvalue weighted by atomic mass is 10.2. The molecule has 2 N–H and O–H groups in total. The summed E-state index contributed by atoms with van der Waals surface area (Å²) in [6.45, 7) is 2.61. The zero-order chi connectivity index (χ0) is 15.2. The van der Waals surface area contributed by atoms with E-state index in [1.165, 1.54) is 0 Å². The van der Waals surface area contributed by atoms with Gasteiger partial charge in [0, 0.05) is 33.8 Å². The number of hydrogen-bond donors (Lipinski definition) is 2. The van der Waals surface area contributed by atoms with E-state index in [-0.39, 0.29) is 5.91 Å². The second-order valence-electron chi connectivity index (χ2n) is 4.69. The van der Waals surface area contributed by atoms with Gasteiger partial charge in [0.05, 0.1) is 0 Å². The molecule has 3 nitrogen and oxygen atoms in total. The molecule has 0 fully saturated rings. The first-order valence-corrected chi connectivity index (χ1v) is 7.77. The number of benzene rings is 2. The van der Waals surface area contributed by atoms with Crippen LogP contribution in [0.5, 0.6) is 0 Å². The molecule has 0 radical (unpaired) electrons. The van der Waals surface area contributed by atoms with E-state index in [4.69, 9.17) is 11.6 Å². The van der Waals surface area contributed by atoms with Crippen molar-refractivity contribution in [3.05, 3.63) is 57.5 Å². The van der Waals surface area contributed by atoms with Crippen LogP contribution in [-0.2, 0) is 4.79 Å². The van der Waals surface area contributed by atoms with Gasteiger partial charge < -0.3 is 10.6 Å². The zero-order valence-electron chi connectivity index (χ0n) is 11.6. The van der Waals surface area contributed by atoms with E-state index in [9.17, 15) is 4.79 Å². The number of nitrogens with one attached hydrogen (secondary N) is 2. The summed E-state index contributed by atoms with van der Waals surface area (Å²) in [6, 6.07) is 13.1. The van der Waals surface area contributed by atoms with Crippen LogP contribution in [0, 0.1) is 6.92 Å². The smallest absolute Gasteiger partial charge is 0.226 e. The van der Waals surface area contributed by atoms with Crippen LogP contribution >= 0.6 is 27.5 Å². The van der Waals surface area contributed by atoms with E-state index in [0.29, 0.717) is 23.7 Å². The second kappa shape index (κ2) is 7.48. The van der Waals surface area contributed by atoms with Gasteiger partial charge in [-0.3, -0.25) is 4.79 Å². The van der Waals surface area contributed by atoms with Gasteiger partial charge in [0.15, 0.2) is 0 Å². The highest BCUT2D eigenvalue weighted by atomic mass is 79.9. The third-order valence-corrected chi connectivity index (χ3v) is 3.69. The minimum Gasteiger partial charge on any atom is -0.384 e. The Balaban J connectivity index is 1.81. The number of halogens is 2. The Kier molecular flexibility index (Phi) is 5.65. The van der Waals surface area contributed by atoms with Crippen molar-refractivity contribution < 1.29 is 4.79 Å². The van der Waals surface area contributed by atoms with Crippen LogP contribution in [-0.4, -0.2) is 12.5 Å². The van der Waals surface area contributed by atoms with Crippen molar-refractivity contribution in [1.29, 1.82) is 0 Å². The van der Waals surface area contributed by atoms with Gasteiger partial charge in [-0.1, -0.05) is 33.6 Å². The Labute approximate surface area is 137 Å². The molecule has 2 aromatic carbocycles. The maximum Gasteiger partial charge on any atom is 0.226 e. The number of carbonyl (C=O) groups is 1. The van der Waals surface area contributed by atoms with Gasteiger partial charge in [-0.15, -0.1) is 0 Å². The molecule has 0 aromatic heterocycles. The van der Waals surface area contributed by atoms with Crippen LogP contribution in [0.2, 0.25) is 5.02 Å². The predicted octanol–water partition coefficient (Wildman–Crippen LogP) is 4.85. The summed E-state index contributed by atoms with van der Waals surface area (Å²) < 4.78 is 1.05. The Bertz CT molecular complexity index is 646. The molecule has 0 unspecified atom stereocenters. The number of anilines is 2. The molecular weight excluding hydrogens is 352 g/mol. The molecule has 21 heavy (non-hydrogen) atoms. The average Bonchev–Trinajstić information content (AvgIpc) is 2.41. The summed E-state index contributed by atoms with van der Waals surface area (Å²) in [5.74, 6) is -0.0421. The molecule has 2 aromatic rings. The number of aryl methyl sites for hydroxylation is 1. The first-order chi connectivity index (χ1) is 10.0. The van der Waals surface area contributed by atoms with Crippen LogP contribution < -0.4 is 10.6 Å². The number of amides is 1. The van der Waals surface area contributed by atoms with Crippen molar-refractivity contribution in [2.24, 2.45) is 0 Å². The Morgan fingerprint density at radius 2 is 2.05 bits per heavy atom. The SMILES string of the molecule is Cc1cc(Br)ccc1NCCC(=O)Nc1cccc(Cl)c1. The summed E-state index contributed by atoms with van der Waals surface area (Å²) in [7, 11) is 0. The van der Waals surface area contributed by atoms with Crippen molar-refractivity contribution in [2.75, 3.05) is 17.2 Å². The maximum atomic E-state index is 11.9. The lowest BCUT2D eigenvalue weighted by Gasteiger charge is -2.10. The molecule has 0 saturated carbocycles. The monoisotopic (exact) mass is 366 g/mol. The van der Waals surface area contributed by atoms with Gasteiger partial charge in [0.2, 0.25) is 5.91 Å². The molecule has 110 valence electrons. The lowest BCUT2D eigenvalue weighted by Crippen LogP contribution is -2.16. The largest absolute Gasteiger partial charge is 0.384 e. The van der Waals surface area contributed by atoms with E-state index < -0.39 is 0 Å². The highest BCUT2D eigenvalue weighted by Crippen LogP contribution is 2.20. The van der Waals surface area contributed by atoms with Crippen molar-refractivity contribution in [2.45, 2.75) is 13.3 Å². The van der Waals surface area contributed by atoms with Crippen molar-refractivity contribution in [3.8, 4) is 0 Å². The molecule has 0 atom stereocenters. The molecular formula is C16H16BrClN2O. The summed E-state index contributed by atoms with van der Waals surface area (Å²) in [4.78, 5) is 11.9. The molecule has 0 aliphatic rings. The highest BCUT2D eigenvalue weighted by molar-refractivity contribution is 9.10. The summed E-state index contributed by atoms with van der Waals surface area (Å²) in [5, 5.41) is 6.69. The fourth-order valence-electron chi connectivity index (χ4n) is 1.93. The minimum absolute atomic E-state index is 0.0421. The molecule has 0 aliphatic carbocycles. The number of hydrogen-bond acceptors (Lipinski definition) is 2. The molecule has 1 amide bonds. The van der Waals surface area contributed by atoms with E-state index in [2.05, 4.69) is 26.6 Å². The number of rotatable bonds is 5. The highest BCUT2D eigenvalue weighted by Gasteiger charge is 2.04. The third kappa shape index (κ3) is 5.06. The van der Waals surface area contributed by atoms with Gasteiger partial charge in [-0.05, 0) is 48.9 Å². The first kappa shape index (κ1) is 15.9. The predicted molar refractivity (Wildman–Crippen MR) is 92.1 cm³/mol. The fourth-order valence-corrected chi connectivity index (χ4v) is 2.59. The average molecular weight is 368 g/mol. The van der Waals surface area contributed by atoms with Gasteiger partial charge in [0.1, 0.15) is 0 Å². The van der Waals surface area contributed by atoms with Crippen LogP contribution in [0.1, 0.15) is 12.0 Å². The molecule has 0 heterocycles. The minimum atomic E-state index is -0.0421. The summed E-state index contributed by atoms with van der Waals surface area (Å²) in [5.41, 5.74) is 2.89. The molecule has 5 heteroatoms. The summed E-state index contributed by atoms with van der Waals surface area (Å²) in [6.07, 6.45) is 0.391. The number of carbonyl (C=O) groups excluding carboxylic acids is 1. The zero-order valence-corrected chi connectivity index (χ0v) is 14.0. The van der Waals surface area contributed by atoms with Gasteiger partial charge in [-0.25, -0.2) is 0 Å². The fraction of sp³-hybridized carbons (Fsp3) is 0.188. The van der Waals surface area contributed by atoms with Crippen LogP contribution in [0.15, 0.2) is 46.9 Å². The molecule has 0 aliphatic heterocycles. The van der Waals surface area contributed by atoms with Gasteiger partial charge >= 0.3 is 0 Å². The Morgan fingerprint density at radius 3 is 2.76 bits per heavy atom. The standard InChI is InChI=1S/C16H16BrClN2O/c1-11-9-12(17)5-6-15(11)19-8-7-16(21)20-14-4-2-3-13(18)10-14/h2-6,9-10,19H,7-8H2,1H3,(H,20,21). The Hall–Kier alpha value is -1.52. The molecule has 0 spiro atoms. The van der Waals surface area contributed by atoms with E-state index in [1.54, 1.807) is 18.2 Å². The first-order valence-electron chi connectivity index (χ1n) is 6.60. The van der Waals surface area contributed by atoms with Crippen LogP contribution in [0.3, 0.4) is 0 Å². The Morgan fingerprint density at radius 1 is 1.24 bits per heavy atom. The molecule has 0 bridgehead atoms. The molecule has 0 saturated heterocycles. The molecule has 2 rings (SSSR count). The van der Waals surface area contributed by atoms with Gasteiger partial charge in [0.25, 0.3) is 0 Å².